The third kappa shape index (κ3) is 4.35. The Morgan fingerprint density at radius 1 is 1.33 bits per heavy atom. The molecule has 1 aromatic heterocycles. The maximum absolute atomic E-state index is 12.0. The normalized spacial score (nSPS) is 11.1. The van der Waals surface area contributed by atoms with Crippen LogP contribution in [0.5, 0.6) is 0 Å². The van der Waals surface area contributed by atoms with Gasteiger partial charge in [0, 0.05) is 13.1 Å². The molecule has 18 heavy (non-hydrogen) atoms. The maximum Gasteiger partial charge on any atom is 0.269 e. The molecular formula is C14H23N3O. The highest BCUT2D eigenvalue weighted by Gasteiger charge is 2.17. The molecule has 0 saturated heterocycles. The zero-order chi connectivity index (χ0) is 13.6. The molecule has 0 aliphatic heterocycles. The number of nitrogens with one attached hydrogen (secondary N) is 2. The molecule has 0 saturated carbocycles. The molecule has 0 unspecified atom stereocenters. The van der Waals surface area contributed by atoms with Gasteiger partial charge in [-0.2, -0.15) is 0 Å². The topological polar surface area (TPSA) is 54.0 Å². The SMILES string of the molecule is CCNc1cccc(C(=O)NCC(C)(C)CC)n1. The number of amides is 1. The molecule has 0 bridgehead atoms. The van der Waals surface area contributed by atoms with Crippen molar-refractivity contribution in [2.24, 2.45) is 5.41 Å². The van der Waals surface area contributed by atoms with Gasteiger partial charge in [0.1, 0.15) is 11.5 Å². The van der Waals surface area contributed by atoms with Gasteiger partial charge in [0.15, 0.2) is 0 Å². The first-order valence-electron chi connectivity index (χ1n) is 6.47. The molecule has 100 valence electrons. The van der Waals surface area contributed by atoms with Crippen LogP contribution in [-0.4, -0.2) is 24.0 Å². The highest BCUT2D eigenvalue weighted by atomic mass is 16.1. The van der Waals surface area contributed by atoms with Gasteiger partial charge >= 0.3 is 0 Å². The second kappa shape index (κ2) is 6.38. The predicted octanol–water partition coefficient (Wildman–Crippen LogP) is 2.68. The van der Waals surface area contributed by atoms with E-state index < -0.39 is 0 Å². The third-order valence-electron chi connectivity index (χ3n) is 3.02. The van der Waals surface area contributed by atoms with Crippen molar-refractivity contribution in [3.8, 4) is 0 Å². The van der Waals surface area contributed by atoms with Gasteiger partial charge in [-0.25, -0.2) is 4.98 Å². The third-order valence-corrected chi connectivity index (χ3v) is 3.02. The Labute approximate surface area is 109 Å². The Balaban J connectivity index is 2.64. The summed E-state index contributed by atoms with van der Waals surface area (Å²) >= 11 is 0. The van der Waals surface area contributed by atoms with E-state index in [4.69, 9.17) is 0 Å². The van der Waals surface area contributed by atoms with Crippen molar-refractivity contribution in [3.63, 3.8) is 0 Å². The number of carbonyl (C=O) groups is 1. The van der Waals surface area contributed by atoms with Crippen molar-refractivity contribution < 1.29 is 4.79 Å². The van der Waals surface area contributed by atoms with E-state index in [2.05, 4.69) is 36.4 Å². The number of nitrogens with zero attached hydrogens (tertiary/aromatic N) is 1. The van der Waals surface area contributed by atoms with Gasteiger partial charge in [-0.1, -0.05) is 26.8 Å². The highest BCUT2D eigenvalue weighted by Crippen LogP contribution is 2.17. The summed E-state index contributed by atoms with van der Waals surface area (Å²) < 4.78 is 0. The Kier molecular flexibility index (Phi) is 5.13. The summed E-state index contributed by atoms with van der Waals surface area (Å²) in [6, 6.07) is 5.43. The summed E-state index contributed by atoms with van der Waals surface area (Å²) in [5, 5.41) is 6.03. The molecule has 0 aliphatic rings. The lowest BCUT2D eigenvalue weighted by atomic mass is 9.90. The molecule has 1 aromatic rings. The van der Waals surface area contributed by atoms with Crippen LogP contribution in [0.2, 0.25) is 0 Å². The van der Waals surface area contributed by atoms with E-state index in [1.54, 1.807) is 6.07 Å². The molecule has 1 amide bonds. The Hall–Kier alpha value is -1.58. The van der Waals surface area contributed by atoms with Crippen molar-refractivity contribution in [1.29, 1.82) is 0 Å². The Morgan fingerprint density at radius 3 is 2.67 bits per heavy atom. The lowest BCUT2D eigenvalue weighted by Gasteiger charge is -2.22. The fraction of sp³-hybridized carbons (Fsp3) is 0.571. The first-order chi connectivity index (χ1) is 8.48. The van der Waals surface area contributed by atoms with E-state index in [0.717, 1.165) is 18.8 Å². The molecule has 0 fully saturated rings. The van der Waals surface area contributed by atoms with Crippen LogP contribution in [0.15, 0.2) is 18.2 Å². The zero-order valence-corrected chi connectivity index (χ0v) is 11.7. The fourth-order valence-electron chi connectivity index (χ4n) is 1.38. The van der Waals surface area contributed by atoms with Crippen molar-refractivity contribution in [3.05, 3.63) is 23.9 Å². The minimum atomic E-state index is -0.115. The monoisotopic (exact) mass is 249 g/mol. The van der Waals surface area contributed by atoms with E-state index in [1.807, 2.05) is 19.1 Å². The van der Waals surface area contributed by atoms with Gasteiger partial charge in [-0.15, -0.1) is 0 Å². The standard InChI is InChI=1S/C14H23N3O/c1-5-14(3,4)10-16-13(18)11-8-7-9-12(17-11)15-6-2/h7-9H,5-6,10H2,1-4H3,(H,15,17)(H,16,18). The predicted molar refractivity (Wildman–Crippen MR) is 74.8 cm³/mol. The Bertz CT molecular complexity index is 402. The molecule has 1 heterocycles. The summed E-state index contributed by atoms with van der Waals surface area (Å²) in [5.74, 6) is 0.621. The average molecular weight is 249 g/mol. The van der Waals surface area contributed by atoms with Gasteiger partial charge in [-0.3, -0.25) is 4.79 Å². The van der Waals surface area contributed by atoms with Crippen LogP contribution in [-0.2, 0) is 0 Å². The van der Waals surface area contributed by atoms with Crippen LogP contribution in [0.25, 0.3) is 0 Å². The second-order valence-corrected chi connectivity index (χ2v) is 5.14. The van der Waals surface area contributed by atoms with E-state index in [0.29, 0.717) is 12.2 Å². The zero-order valence-electron chi connectivity index (χ0n) is 11.7. The van der Waals surface area contributed by atoms with Gasteiger partial charge in [0.05, 0.1) is 0 Å². The van der Waals surface area contributed by atoms with Crippen LogP contribution < -0.4 is 10.6 Å². The largest absolute Gasteiger partial charge is 0.370 e. The molecule has 0 aliphatic carbocycles. The fourth-order valence-corrected chi connectivity index (χ4v) is 1.38. The molecule has 0 atom stereocenters. The highest BCUT2D eigenvalue weighted by molar-refractivity contribution is 5.92. The quantitative estimate of drug-likeness (QED) is 0.815. The number of pyridine rings is 1. The summed E-state index contributed by atoms with van der Waals surface area (Å²) in [6.45, 7) is 9.84. The summed E-state index contributed by atoms with van der Waals surface area (Å²) in [6.07, 6.45) is 1.03. The van der Waals surface area contributed by atoms with Gasteiger partial charge in [0.25, 0.3) is 5.91 Å². The number of hydrogen-bond donors (Lipinski definition) is 2. The summed E-state index contributed by atoms with van der Waals surface area (Å²) in [5.41, 5.74) is 0.579. The van der Waals surface area contributed by atoms with Crippen molar-refractivity contribution in [1.82, 2.24) is 10.3 Å². The van der Waals surface area contributed by atoms with Crippen LogP contribution in [0.3, 0.4) is 0 Å². The van der Waals surface area contributed by atoms with Gasteiger partial charge < -0.3 is 10.6 Å². The number of hydrogen-bond acceptors (Lipinski definition) is 3. The van der Waals surface area contributed by atoms with E-state index in [1.165, 1.54) is 0 Å². The molecule has 0 radical (unpaired) electrons. The van der Waals surface area contributed by atoms with Gasteiger partial charge in [-0.05, 0) is 30.9 Å². The second-order valence-electron chi connectivity index (χ2n) is 5.14. The van der Waals surface area contributed by atoms with Crippen molar-refractivity contribution in [2.75, 3.05) is 18.4 Å². The minimum Gasteiger partial charge on any atom is -0.370 e. The summed E-state index contributed by atoms with van der Waals surface area (Å²) in [4.78, 5) is 16.2. The lowest BCUT2D eigenvalue weighted by Crippen LogP contribution is -2.34. The minimum absolute atomic E-state index is 0.115. The lowest BCUT2D eigenvalue weighted by molar-refractivity contribution is 0.0931. The number of carbonyl (C=O) groups excluding carboxylic acids is 1. The van der Waals surface area contributed by atoms with E-state index in [-0.39, 0.29) is 11.3 Å². The smallest absolute Gasteiger partial charge is 0.269 e. The van der Waals surface area contributed by atoms with Crippen LogP contribution in [0, 0.1) is 5.41 Å². The maximum atomic E-state index is 12.0. The molecule has 0 spiro atoms. The Morgan fingerprint density at radius 2 is 2.06 bits per heavy atom. The molecule has 1 rings (SSSR count). The van der Waals surface area contributed by atoms with Crippen LogP contribution in [0.4, 0.5) is 5.82 Å². The number of anilines is 1. The first kappa shape index (κ1) is 14.5. The van der Waals surface area contributed by atoms with Crippen molar-refractivity contribution in [2.45, 2.75) is 34.1 Å². The number of aromatic nitrogens is 1. The summed E-state index contributed by atoms with van der Waals surface area (Å²) in [7, 11) is 0. The molecule has 4 heteroatoms. The molecule has 0 aromatic carbocycles. The van der Waals surface area contributed by atoms with Gasteiger partial charge in [0.2, 0.25) is 0 Å². The molecule has 2 N–H and O–H groups in total. The van der Waals surface area contributed by atoms with Crippen LogP contribution >= 0.6 is 0 Å². The van der Waals surface area contributed by atoms with Crippen LogP contribution in [0.1, 0.15) is 44.6 Å². The first-order valence-corrected chi connectivity index (χ1v) is 6.47. The van der Waals surface area contributed by atoms with E-state index in [9.17, 15) is 4.79 Å². The number of rotatable bonds is 6. The molecular weight excluding hydrogens is 226 g/mol. The average Bonchev–Trinajstić information content (AvgIpc) is 2.37. The molecule has 4 nitrogen and oxygen atoms in total. The van der Waals surface area contributed by atoms with E-state index >= 15 is 0 Å². The van der Waals surface area contributed by atoms with Crippen molar-refractivity contribution >= 4 is 11.7 Å².